The minimum absolute atomic E-state index is 0.127. The van der Waals surface area contributed by atoms with Crippen LogP contribution >= 0.6 is 0 Å². The van der Waals surface area contributed by atoms with Gasteiger partial charge in [0.15, 0.2) is 5.96 Å². The van der Waals surface area contributed by atoms with E-state index in [1.165, 1.54) is 11.1 Å². The topological polar surface area (TPSA) is 121 Å². The summed E-state index contributed by atoms with van der Waals surface area (Å²) in [5.74, 6) is 2.41. The van der Waals surface area contributed by atoms with E-state index in [0.717, 1.165) is 50.1 Å². The van der Waals surface area contributed by atoms with Crippen LogP contribution in [0.5, 0.6) is 11.5 Å². The molecule has 0 radical (unpaired) electrons. The van der Waals surface area contributed by atoms with Crippen molar-refractivity contribution < 1.29 is 9.47 Å². The van der Waals surface area contributed by atoms with Crippen molar-refractivity contribution in [3.63, 3.8) is 0 Å². The molecule has 0 saturated heterocycles. The minimum Gasteiger partial charge on any atom is -0.494 e. The predicted molar refractivity (Wildman–Crippen MR) is 127 cm³/mol. The van der Waals surface area contributed by atoms with Gasteiger partial charge in [-0.1, -0.05) is 30.8 Å². The van der Waals surface area contributed by atoms with Gasteiger partial charge < -0.3 is 32.0 Å². The third-order valence-corrected chi connectivity index (χ3v) is 4.63. The summed E-state index contributed by atoms with van der Waals surface area (Å²) in [6.07, 6.45) is 4.76. The molecule has 0 heterocycles. The maximum atomic E-state index is 5.81. The highest BCUT2D eigenvalue weighted by molar-refractivity contribution is 5.75. The molecule has 31 heavy (non-hydrogen) atoms. The van der Waals surface area contributed by atoms with Gasteiger partial charge in [0.25, 0.3) is 0 Å². The normalized spacial score (nSPS) is 10.3. The minimum atomic E-state index is 0.127. The van der Waals surface area contributed by atoms with Crippen LogP contribution in [0.2, 0.25) is 0 Å². The summed E-state index contributed by atoms with van der Waals surface area (Å²) < 4.78 is 11.6. The van der Waals surface area contributed by atoms with Crippen LogP contribution in [0.3, 0.4) is 0 Å². The number of unbranched alkanes of at least 4 members (excludes halogenated alkanes) is 2. The van der Waals surface area contributed by atoms with E-state index in [-0.39, 0.29) is 5.96 Å². The van der Waals surface area contributed by atoms with Crippen LogP contribution in [0.4, 0.5) is 0 Å². The van der Waals surface area contributed by atoms with Gasteiger partial charge in [0.1, 0.15) is 11.5 Å². The van der Waals surface area contributed by atoms with Gasteiger partial charge in [-0.25, -0.2) is 0 Å². The molecule has 0 unspecified atom stereocenters. The van der Waals surface area contributed by atoms with Crippen molar-refractivity contribution >= 4 is 5.96 Å². The van der Waals surface area contributed by atoms with E-state index >= 15 is 0 Å². The van der Waals surface area contributed by atoms with Gasteiger partial charge in [-0.2, -0.15) is 0 Å². The summed E-state index contributed by atoms with van der Waals surface area (Å²) in [6, 6.07) is 16.2. The third kappa shape index (κ3) is 10.8. The summed E-state index contributed by atoms with van der Waals surface area (Å²) in [4.78, 5) is 3.99. The second kappa shape index (κ2) is 13.8. The lowest BCUT2D eigenvalue weighted by Gasteiger charge is -2.09. The number of rotatable bonds is 15. The lowest BCUT2D eigenvalue weighted by molar-refractivity contribution is 0.279. The van der Waals surface area contributed by atoms with Crippen molar-refractivity contribution in [1.82, 2.24) is 5.32 Å². The second-order valence-corrected chi connectivity index (χ2v) is 7.30. The highest BCUT2D eigenvalue weighted by Gasteiger charge is 1.99. The van der Waals surface area contributed by atoms with Crippen molar-refractivity contribution in [3.8, 4) is 11.5 Å². The molecule has 0 aliphatic carbocycles. The number of hydrogen-bond donors (Lipinski definition) is 4. The Morgan fingerprint density at radius 3 is 1.77 bits per heavy atom. The third-order valence-electron chi connectivity index (χ3n) is 4.63. The smallest absolute Gasteiger partial charge is 0.185 e. The summed E-state index contributed by atoms with van der Waals surface area (Å²) in [5.41, 5.74) is 18.6. The van der Waals surface area contributed by atoms with Crippen LogP contribution < -0.4 is 32.0 Å². The number of aliphatic imine (C=N–C) groups is 1. The molecule has 0 aliphatic rings. The maximum absolute atomic E-state index is 5.81. The molecule has 0 fully saturated rings. The van der Waals surface area contributed by atoms with Crippen molar-refractivity contribution in [1.29, 1.82) is 0 Å². The monoisotopic (exact) mass is 425 g/mol. The predicted octanol–water partition coefficient (Wildman–Crippen LogP) is 2.69. The number of guanidine groups is 1. The van der Waals surface area contributed by atoms with Crippen LogP contribution in [0.1, 0.15) is 30.4 Å². The van der Waals surface area contributed by atoms with E-state index in [1.54, 1.807) is 0 Å². The molecule has 168 valence electrons. The Balaban J connectivity index is 1.52. The molecule has 0 bridgehead atoms. The Kier molecular flexibility index (Phi) is 10.6. The van der Waals surface area contributed by atoms with E-state index in [2.05, 4.69) is 29.0 Å². The van der Waals surface area contributed by atoms with Crippen LogP contribution in [0.25, 0.3) is 0 Å². The fourth-order valence-corrected chi connectivity index (χ4v) is 2.95. The van der Waals surface area contributed by atoms with Gasteiger partial charge in [0.2, 0.25) is 0 Å². The zero-order chi connectivity index (χ0) is 22.3. The van der Waals surface area contributed by atoms with Gasteiger partial charge in [-0.3, -0.25) is 4.99 Å². The first-order valence-corrected chi connectivity index (χ1v) is 10.7. The highest BCUT2D eigenvalue weighted by Crippen LogP contribution is 2.15. The summed E-state index contributed by atoms with van der Waals surface area (Å²) >= 11 is 0. The van der Waals surface area contributed by atoms with Crippen LogP contribution in [0.15, 0.2) is 65.9 Å². The lowest BCUT2D eigenvalue weighted by atomic mass is 10.1. The molecule has 0 aliphatic heterocycles. The first kappa shape index (κ1) is 23.9. The molecule has 7 nitrogen and oxygen atoms in total. The Hall–Kier alpha value is -3.35. The fourth-order valence-electron chi connectivity index (χ4n) is 2.95. The number of nitrogens with one attached hydrogen (secondary N) is 1. The van der Waals surface area contributed by atoms with E-state index in [9.17, 15) is 0 Å². The van der Waals surface area contributed by atoms with Crippen molar-refractivity contribution in [2.75, 3.05) is 26.3 Å². The first-order valence-electron chi connectivity index (χ1n) is 10.7. The van der Waals surface area contributed by atoms with Crippen molar-refractivity contribution in [2.45, 2.75) is 32.1 Å². The van der Waals surface area contributed by atoms with Crippen molar-refractivity contribution in [2.24, 2.45) is 22.2 Å². The summed E-state index contributed by atoms with van der Waals surface area (Å²) in [7, 11) is 0. The molecule has 0 amide bonds. The standard InChI is InChI=1S/C24H35N5O2/c1-19(25)28-15-13-20-5-9-22(10-6-20)30-17-3-2-4-18-31-23-11-7-21(8-12-23)14-16-29-24(26)27/h5-12,28H,1-4,13-18,25H2,(H4,26,27,29). The quantitative estimate of drug-likeness (QED) is 0.198. The summed E-state index contributed by atoms with van der Waals surface area (Å²) in [6.45, 7) is 6.40. The molecule has 7 N–H and O–H groups in total. The Morgan fingerprint density at radius 1 is 0.774 bits per heavy atom. The lowest BCUT2D eigenvalue weighted by Crippen LogP contribution is -2.23. The van der Waals surface area contributed by atoms with E-state index in [4.69, 9.17) is 26.7 Å². The fraction of sp³-hybridized carbons (Fsp3) is 0.375. The van der Waals surface area contributed by atoms with Crippen LogP contribution in [0, 0.1) is 0 Å². The van der Waals surface area contributed by atoms with Crippen molar-refractivity contribution in [3.05, 3.63) is 72.1 Å². The largest absolute Gasteiger partial charge is 0.494 e. The van der Waals surface area contributed by atoms with E-state index in [1.807, 2.05) is 36.4 Å². The first-order chi connectivity index (χ1) is 15.0. The van der Waals surface area contributed by atoms with Gasteiger partial charge in [0, 0.05) is 13.1 Å². The number of benzene rings is 2. The number of nitrogens with two attached hydrogens (primary N) is 3. The molecule has 2 rings (SSSR count). The Bertz CT molecular complexity index is 800. The Labute approximate surface area is 185 Å². The number of nitrogens with zero attached hydrogens (tertiary/aromatic N) is 1. The molecular weight excluding hydrogens is 390 g/mol. The zero-order valence-electron chi connectivity index (χ0n) is 18.2. The molecule has 0 aromatic heterocycles. The molecule has 0 atom stereocenters. The molecule has 2 aromatic carbocycles. The van der Waals surface area contributed by atoms with Crippen LogP contribution in [-0.2, 0) is 12.8 Å². The van der Waals surface area contributed by atoms with Gasteiger partial charge in [-0.05, 0) is 67.5 Å². The number of ether oxygens (including phenoxy) is 2. The van der Waals surface area contributed by atoms with E-state index in [0.29, 0.717) is 25.6 Å². The molecule has 0 spiro atoms. The molecule has 7 heteroatoms. The molecule has 0 saturated carbocycles. The van der Waals surface area contributed by atoms with E-state index < -0.39 is 0 Å². The highest BCUT2D eigenvalue weighted by atomic mass is 16.5. The van der Waals surface area contributed by atoms with Gasteiger partial charge in [-0.15, -0.1) is 0 Å². The second-order valence-electron chi connectivity index (χ2n) is 7.30. The van der Waals surface area contributed by atoms with Gasteiger partial charge in [0.05, 0.1) is 19.0 Å². The molecular formula is C24H35N5O2. The molecule has 2 aromatic rings. The SMILES string of the molecule is C=C(N)NCCc1ccc(OCCCCCOc2ccc(CCN=C(N)N)cc2)cc1. The maximum Gasteiger partial charge on any atom is 0.185 e. The average Bonchev–Trinajstić information content (AvgIpc) is 2.74. The van der Waals surface area contributed by atoms with Gasteiger partial charge >= 0.3 is 0 Å². The zero-order valence-corrected chi connectivity index (χ0v) is 18.2. The number of hydrogen-bond acceptors (Lipinski definition) is 5. The summed E-state index contributed by atoms with van der Waals surface area (Å²) in [5, 5.41) is 3.02. The van der Waals surface area contributed by atoms with Crippen LogP contribution in [-0.4, -0.2) is 32.3 Å². The average molecular weight is 426 g/mol. The Morgan fingerprint density at radius 2 is 1.29 bits per heavy atom.